The molecule has 13 aromatic rings. The van der Waals surface area contributed by atoms with Gasteiger partial charge in [0.15, 0.2) is 46.4 Å². The molecular weight excluding hydrogens is 1680 g/mol. The van der Waals surface area contributed by atoms with Gasteiger partial charge in [-0.25, -0.2) is 14.6 Å². The summed E-state index contributed by atoms with van der Waals surface area (Å²) in [7, 11) is 1.33. The molecule has 8 aliphatic heterocycles. The largest absolute Gasteiger partial charge is 0.619 e. The highest BCUT2D eigenvalue weighted by atomic mass is 35.5. The Labute approximate surface area is 714 Å². The molecule has 0 aliphatic carbocycles. The molecule has 8 aromatic carbocycles. The number of thiazole rings is 2. The van der Waals surface area contributed by atoms with Gasteiger partial charge >= 0.3 is 6.18 Å². The van der Waals surface area contributed by atoms with Crippen molar-refractivity contribution in [3.8, 4) is 10.6 Å². The summed E-state index contributed by atoms with van der Waals surface area (Å²) < 4.78 is 47.2. The van der Waals surface area contributed by atoms with Crippen molar-refractivity contribution < 1.29 is 60.9 Å². The van der Waals surface area contributed by atoms with Gasteiger partial charge in [0.2, 0.25) is 0 Å². The minimum atomic E-state index is -4.80. The Kier molecular flexibility index (Phi) is 19.9. The Morgan fingerprint density at radius 2 is 0.843 bits per heavy atom. The molecule has 0 bridgehead atoms. The molecule has 0 radical (unpaired) electrons. The maximum Gasteiger partial charge on any atom is 0.435 e. The van der Waals surface area contributed by atoms with Gasteiger partial charge < -0.3 is 44.4 Å². The Morgan fingerprint density at radius 1 is 0.471 bits per heavy atom. The van der Waals surface area contributed by atoms with Crippen LogP contribution in [0, 0.1) is 12.1 Å². The molecule has 8 aliphatic rings. The Balaban J connectivity index is 0.000000111. The normalized spacial score (nSPS) is 19.9. The van der Waals surface area contributed by atoms with E-state index in [-0.39, 0.29) is 65.8 Å². The predicted molar refractivity (Wildman–Crippen MR) is 439 cm³/mol. The van der Waals surface area contributed by atoms with Crippen molar-refractivity contribution in [2.45, 2.75) is 35.8 Å². The van der Waals surface area contributed by atoms with E-state index in [1.807, 2.05) is 97.1 Å². The van der Waals surface area contributed by atoms with Crippen LogP contribution in [0.4, 0.5) is 13.2 Å². The summed E-state index contributed by atoms with van der Waals surface area (Å²) in [6.07, 6.45) is -0.924. The van der Waals surface area contributed by atoms with Crippen LogP contribution in [0.2, 0.25) is 20.1 Å². The van der Waals surface area contributed by atoms with E-state index in [0.29, 0.717) is 119 Å². The molecule has 13 heterocycles. The van der Waals surface area contributed by atoms with E-state index < -0.39 is 46.0 Å². The summed E-state index contributed by atoms with van der Waals surface area (Å²) in [5.74, 6) is -2.20. The number of nitrogens with zero attached hydrogens (tertiary/aromatic N) is 15. The van der Waals surface area contributed by atoms with Gasteiger partial charge in [-0.1, -0.05) is 173 Å². The lowest BCUT2D eigenvalue weighted by Gasteiger charge is -2.40. The number of halogens is 7. The van der Waals surface area contributed by atoms with E-state index in [4.69, 9.17) is 51.0 Å². The molecule has 21 rings (SSSR count). The van der Waals surface area contributed by atoms with Gasteiger partial charge in [0.05, 0.1) is 16.6 Å². The molecule has 4 unspecified atom stereocenters. The smallest absolute Gasteiger partial charge is 0.435 e. The van der Waals surface area contributed by atoms with Crippen molar-refractivity contribution in [1.29, 1.82) is 0 Å². The molecule has 4 fully saturated rings. The molecule has 0 saturated carbocycles. The van der Waals surface area contributed by atoms with E-state index in [1.165, 1.54) is 51.9 Å². The summed E-state index contributed by atoms with van der Waals surface area (Å²) >= 11 is 27.1. The molecule has 4 saturated heterocycles. The van der Waals surface area contributed by atoms with E-state index in [2.05, 4.69) is 25.4 Å². The zero-order valence-electron chi connectivity index (χ0n) is 63.5. The molecule has 0 N–H and O–H groups in total. The second-order valence-corrected chi connectivity index (χ2v) is 32.5. The number of carbonyl (C=O) groups excluding carboxylic acids is 8. The van der Waals surface area contributed by atoms with Crippen LogP contribution >= 0.6 is 69.1 Å². The van der Waals surface area contributed by atoms with Gasteiger partial charge in [-0.2, -0.15) is 23.0 Å². The number of aryl methyl sites for hydroxylation is 2. The van der Waals surface area contributed by atoms with Crippen molar-refractivity contribution in [2.75, 3.05) is 52.4 Å². The molecule has 34 heteroatoms. The van der Waals surface area contributed by atoms with Crippen LogP contribution in [0.25, 0.3) is 10.6 Å². The summed E-state index contributed by atoms with van der Waals surface area (Å²) in [6, 6.07) is 61.0. The number of hydrogen-bond donors (Lipinski definition) is 0. The lowest BCUT2D eigenvalue weighted by Crippen LogP contribution is -2.51. The van der Waals surface area contributed by atoms with Crippen LogP contribution < -0.4 is 4.73 Å². The second-order valence-electron chi connectivity index (χ2n) is 29.2. The van der Waals surface area contributed by atoms with Crippen LogP contribution in [0.5, 0.6) is 0 Å². The number of aromatic nitrogens is 7. The first kappa shape index (κ1) is 79.2. The maximum absolute atomic E-state index is 13.9. The van der Waals surface area contributed by atoms with Crippen molar-refractivity contribution in [1.82, 2.24) is 69.3 Å². The fraction of sp³-hybridized carbons (Fsp3) is 0.172. The molecule has 0 spiro atoms. The predicted octanol–water partition coefficient (Wildman–Crippen LogP) is 14.3. The van der Waals surface area contributed by atoms with Gasteiger partial charge in [-0.3, -0.25) is 43.0 Å². The number of rotatable bonds is 9. The molecular formula is C87H62Cl4F3N15O10S2. The summed E-state index contributed by atoms with van der Waals surface area (Å²) in [5, 5.41) is 28.9. The van der Waals surface area contributed by atoms with Crippen molar-refractivity contribution >= 4 is 116 Å². The molecule has 606 valence electrons. The van der Waals surface area contributed by atoms with Gasteiger partial charge in [-0.15, -0.1) is 22.7 Å². The monoisotopic (exact) mass is 1740 g/mol. The number of carbonyl (C=O) groups is 8. The summed E-state index contributed by atoms with van der Waals surface area (Å²) in [5.41, 5.74) is 5.25. The first-order valence-corrected chi connectivity index (χ1v) is 41.1. The maximum atomic E-state index is 13.9. The Bertz CT molecular complexity index is 6400. The zero-order valence-corrected chi connectivity index (χ0v) is 68.2. The number of fused-ring (bicyclic) bond motifs is 12. The van der Waals surface area contributed by atoms with Gasteiger partial charge in [0.1, 0.15) is 22.1 Å². The van der Waals surface area contributed by atoms with Crippen molar-refractivity contribution in [2.24, 2.45) is 7.05 Å². The minimum Gasteiger partial charge on any atom is -0.619 e. The fourth-order valence-electron chi connectivity index (χ4n) is 18.1. The second kappa shape index (κ2) is 30.4. The van der Waals surface area contributed by atoms with Crippen LogP contribution in [-0.4, -0.2) is 169 Å². The minimum absolute atomic E-state index is 0.0610. The first-order chi connectivity index (χ1) is 58.3. The van der Waals surface area contributed by atoms with Crippen LogP contribution in [0.1, 0.15) is 139 Å². The quantitative estimate of drug-likeness (QED) is 0.0960. The number of alkyl halides is 3. The number of pyridine rings is 1. The molecule has 25 nitrogen and oxygen atoms in total. The topological polar surface area (TPSA) is 272 Å². The van der Waals surface area contributed by atoms with Gasteiger partial charge in [0, 0.05) is 169 Å². The summed E-state index contributed by atoms with van der Waals surface area (Å²) in [4.78, 5) is 129. The SMILES string of the molecule is Cc1nonc1C(=O)N1CCN2C(=O)c3ccccc3C21c1ccc(Cl)cc1.Cn1cc(C(=O)N2CCN3C(=O)c4ccccc4C32c2ccc(Cl)cc2)c(C(F)(F)F)n1.O=C(c1csc(-c2ccc[n+]([O-])c2)n1)N1CCN2C(=O)c3ccccc3C12c1ccc(Cl)cc1.O=C(c1cscn1)N1CCN2C(=O)c3ccccc3C12c1ccc(Cl)cc1. The third-order valence-electron chi connectivity index (χ3n) is 23.0. The van der Waals surface area contributed by atoms with Gasteiger partial charge in [0.25, 0.3) is 47.3 Å². The highest BCUT2D eigenvalue weighted by molar-refractivity contribution is 7.13. The molecule has 121 heavy (non-hydrogen) atoms. The van der Waals surface area contributed by atoms with E-state index in [1.54, 1.807) is 162 Å². The van der Waals surface area contributed by atoms with Crippen LogP contribution in [0.15, 0.2) is 246 Å². The third kappa shape index (κ3) is 12.4. The average molecular weight is 1740 g/mol. The van der Waals surface area contributed by atoms with Crippen molar-refractivity contribution in [3.05, 3.63) is 367 Å². The van der Waals surface area contributed by atoms with Crippen LogP contribution in [0.3, 0.4) is 0 Å². The lowest BCUT2D eigenvalue weighted by molar-refractivity contribution is -0.604. The molecule has 4 atom stereocenters. The highest BCUT2D eigenvalue weighted by Crippen LogP contribution is 2.56. The number of benzene rings is 8. The van der Waals surface area contributed by atoms with E-state index in [9.17, 15) is 56.7 Å². The van der Waals surface area contributed by atoms with E-state index in [0.717, 1.165) is 44.3 Å². The van der Waals surface area contributed by atoms with Gasteiger partial charge in [-0.05, 0) is 90.9 Å². The number of hydrogen-bond acceptors (Lipinski definition) is 17. The number of amides is 8. The van der Waals surface area contributed by atoms with E-state index >= 15 is 0 Å². The summed E-state index contributed by atoms with van der Waals surface area (Å²) in [6.45, 7) is 4.34. The fourth-order valence-corrected chi connectivity index (χ4v) is 20.0. The average Bonchev–Trinajstić information content (AvgIpc) is 1.55. The molecule has 5 aromatic heterocycles. The zero-order chi connectivity index (χ0) is 84.3. The van der Waals surface area contributed by atoms with Crippen molar-refractivity contribution in [3.63, 3.8) is 0 Å². The first-order valence-electron chi connectivity index (χ1n) is 37.7. The Morgan fingerprint density at radius 3 is 1.20 bits per heavy atom. The third-order valence-corrected chi connectivity index (χ3v) is 25.5. The lowest BCUT2D eigenvalue weighted by atomic mass is 9.89. The molecule has 8 amide bonds. The van der Waals surface area contributed by atoms with Crippen LogP contribution in [-0.2, 0) is 35.9 Å². The standard InChI is InChI=1S/C25H17ClN4O3S.C22H16ClF3N4O2.C20H15ClN4O3.C20H14ClN3O2S/c26-18-9-7-17(8-10-18)25-20-6-2-1-5-19(20)23(31)29(25)12-13-30(25)24(32)21-15-34-22(27-21)16-4-3-11-28(33)14-16;1-28-12-16(18(27-28)22(24,25)26)20(32)30-11-10-29-19(31)15-4-2-3-5-17(15)21(29,30)13-6-8-14(23)9-7-13;1-12-17(23-28-22-12)19(27)25-11-10-24-18(26)15-4-2-3-5-16(15)20(24,25)13-6-8-14(21)9-7-13;21-14-7-5-13(6-8-14)20-16-4-2-1-3-15(16)18(25)23(20)9-10-24(20)19(26)17-11-27-12-22-17/h1-11,14-15H,12-13H2;2-9,12H,10-11H2,1H3;2-9H,10-11H2,1H3;1-8,11-12H,9-10H2. The highest BCUT2D eigenvalue weighted by Gasteiger charge is 2.65. The Hall–Kier alpha value is -13.0.